The Hall–Kier alpha value is -3.63. The number of nitrogens with two attached hydrogens (primary N) is 1. The highest BCUT2D eigenvalue weighted by molar-refractivity contribution is 6.04. The first-order valence-electron chi connectivity index (χ1n) is 8.78. The third kappa shape index (κ3) is 2.90. The van der Waals surface area contributed by atoms with Gasteiger partial charge in [0.25, 0.3) is 11.8 Å². The van der Waals surface area contributed by atoms with Gasteiger partial charge in [0, 0.05) is 31.0 Å². The average Bonchev–Trinajstić information content (AvgIpc) is 3.21. The Morgan fingerprint density at radius 1 is 1.25 bits per heavy atom. The molecule has 1 atom stereocenters. The Labute approximate surface area is 161 Å². The van der Waals surface area contributed by atoms with E-state index in [0.29, 0.717) is 23.2 Å². The molecule has 28 heavy (non-hydrogen) atoms. The van der Waals surface area contributed by atoms with E-state index >= 15 is 0 Å². The highest BCUT2D eigenvalue weighted by Gasteiger charge is 2.42. The van der Waals surface area contributed by atoms with Crippen LogP contribution in [-0.4, -0.2) is 50.8 Å². The van der Waals surface area contributed by atoms with Gasteiger partial charge in [-0.25, -0.2) is 4.68 Å². The summed E-state index contributed by atoms with van der Waals surface area (Å²) in [6, 6.07) is 14.5. The third-order valence-electron chi connectivity index (χ3n) is 4.83. The van der Waals surface area contributed by atoms with Crippen LogP contribution in [-0.2, 0) is 4.79 Å². The number of nitrogens with zero attached hydrogens (tertiary/aromatic N) is 3. The topological polar surface area (TPSA) is 101 Å². The van der Waals surface area contributed by atoms with Crippen LogP contribution in [0.5, 0.6) is 0 Å². The Kier molecular flexibility index (Phi) is 4.13. The summed E-state index contributed by atoms with van der Waals surface area (Å²) in [6.07, 6.45) is 0.279. The van der Waals surface area contributed by atoms with E-state index in [1.165, 1.54) is 4.90 Å². The van der Waals surface area contributed by atoms with Crippen LogP contribution in [0.2, 0.25) is 0 Å². The number of fused-ring (bicyclic) bond motifs is 1. The minimum atomic E-state index is -1.65. The van der Waals surface area contributed by atoms with E-state index in [1.807, 2.05) is 24.3 Å². The number of amides is 2. The molecule has 1 fully saturated rings. The van der Waals surface area contributed by atoms with E-state index in [9.17, 15) is 14.7 Å². The predicted molar refractivity (Wildman–Crippen MR) is 104 cm³/mol. The molecule has 0 spiro atoms. The SMILES string of the molecule is CN1CC[C@@](O)(C#Cc2cccc(-n3nc(C(N)=O)c4ccccc43)c2)C1=O. The third-order valence-corrected chi connectivity index (χ3v) is 4.83. The number of likely N-dealkylation sites (N-methyl/N-ethyl adjacent to an activating group) is 1. The van der Waals surface area contributed by atoms with Gasteiger partial charge >= 0.3 is 0 Å². The maximum atomic E-state index is 12.1. The number of aliphatic hydroxyl groups is 1. The second-order valence-electron chi connectivity index (χ2n) is 6.78. The van der Waals surface area contributed by atoms with Gasteiger partial charge in [0.1, 0.15) is 0 Å². The van der Waals surface area contributed by atoms with Gasteiger partial charge in [0.15, 0.2) is 5.69 Å². The van der Waals surface area contributed by atoms with Crippen LogP contribution < -0.4 is 5.73 Å². The van der Waals surface area contributed by atoms with Gasteiger partial charge in [-0.3, -0.25) is 9.59 Å². The Bertz CT molecular complexity index is 1170. The molecule has 0 radical (unpaired) electrons. The van der Waals surface area contributed by atoms with Gasteiger partial charge in [0.05, 0.1) is 11.2 Å². The lowest BCUT2D eigenvalue weighted by molar-refractivity contribution is -0.137. The maximum absolute atomic E-state index is 12.1. The molecule has 1 saturated heterocycles. The van der Waals surface area contributed by atoms with Gasteiger partial charge < -0.3 is 15.7 Å². The van der Waals surface area contributed by atoms with Crippen LogP contribution in [0.25, 0.3) is 16.6 Å². The smallest absolute Gasteiger partial charge is 0.269 e. The zero-order valence-electron chi connectivity index (χ0n) is 15.2. The van der Waals surface area contributed by atoms with Crippen molar-refractivity contribution < 1.29 is 14.7 Å². The number of benzene rings is 2. The Balaban J connectivity index is 1.76. The minimum Gasteiger partial charge on any atom is -0.369 e. The van der Waals surface area contributed by atoms with Crippen molar-refractivity contribution in [2.75, 3.05) is 13.6 Å². The first-order valence-corrected chi connectivity index (χ1v) is 8.78. The van der Waals surface area contributed by atoms with E-state index in [-0.39, 0.29) is 18.0 Å². The number of hydrogen-bond donors (Lipinski definition) is 2. The lowest BCUT2D eigenvalue weighted by Gasteiger charge is -2.13. The second-order valence-corrected chi connectivity index (χ2v) is 6.78. The molecule has 140 valence electrons. The number of hydrogen-bond acceptors (Lipinski definition) is 4. The average molecular weight is 374 g/mol. The van der Waals surface area contributed by atoms with Gasteiger partial charge in [-0.05, 0) is 24.3 Å². The molecule has 0 bridgehead atoms. The zero-order chi connectivity index (χ0) is 19.9. The molecule has 0 unspecified atom stereocenters. The van der Waals surface area contributed by atoms with Gasteiger partial charge in [-0.15, -0.1) is 0 Å². The molecule has 3 N–H and O–H groups in total. The Morgan fingerprint density at radius 2 is 2.04 bits per heavy atom. The number of primary amides is 1. The highest BCUT2D eigenvalue weighted by atomic mass is 16.3. The molecule has 7 nitrogen and oxygen atoms in total. The van der Waals surface area contributed by atoms with E-state index in [0.717, 1.165) is 5.52 Å². The van der Waals surface area contributed by atoms with Crippen LogP contribution in [0.4, 0.5) is 0 Å². The molecule has 3 aromatic rings. The summed E-state index contributed by atoms with van der Waals surface area (Å²) in [4.78, 5) is 25.3. The number of carbonyl (C=O) groups is 2. The fourth-order valence-electron chi connectivity index (χ4n) is 3.31. The summed E-state index contributed by atoms with van der Waals surface area (Å²) >= 11 is 0. The van der Waals surface area contributed by atoms with E-state index in [4.69, 9.17) is 5.73 Å². The first-order chi connectivity index (χ1) is 13.4. The van der Waals surface area contributed by atoms with Crippen molar-refractivity contribution in [1.82, 2.24) is 14.7 Å². The normalized spacial score (nSPS) is 18.9. The fraction of sp³-hybridized carbons (Fsp3) is 0.190. The van der Waals surface area contributed by atoms with Crippen LogP contribution in [0.1, 0.15) is 22.5 Å². The lowest BCUT2D eigenvalue weighted by atomic mass is 10.0. The summed E-state index contributed by atoms with van der Waals surface area (Å²) in [5, 5.41) is 15.5. The number of aromatic nitrogens is 2. The summed E-state index contributed by atoms with van der Waals surface area (Å²) in [5.41, 5.74) is 6.06. The summed E-state index contributed by atoms with van der Waals surface area (Å²) in [5.74, 6) is 4.60. The molecule has 4 rings (SSSR count). The predicted octanol–water partition coefficient (Wildman–Crippen LogP) is 1.07. The molecule has 2 amide bonds. The van der Waals surface area contributed by atoms with Gasteiger partial charge in [0.2, 0.25) is 5.60 Å². The molecule has 0 saturated carbocycles. The molecule has 0 aliphatic carbocycles. The molecular weight excluding hydrogens is 356 g/mol. The standard InChI is InChI=1S/C21H18N4O3/c1-24-12-11-21(28,20(24)27)10-9-14-5-4-6-15(13-14)25-17-8-3-2-7-16(17)18(23-25)19(22)26/h2-8,13,28H,11-12H2,1H3,(H2,22,26)/t21-/m0/s1. The molecule has 1 aromatic heterocycles. The second kappa shape index (κ2) is 6.51. The highest BCUT2D eigenvalue weighted by Crippen LogP contribution is 2.23. The van der Waals surface area contributed by atoms with Crippen molar-refractivity contribution in [3.05, 3.63) is 59.8 Å². The molecular formula is C21H18N4O3. The summed E-state index contributed by atoms with van der Waals surface area (Å²) in [6.45, 7) is 0.471. The van der Waals surface area contributed by atoms with E-state index < -0.39 is 11.5 Å². The van der Waals surface area contributed by atoms with E-state index in [2.05, 4.69) is 16.9 Å². The summed E-state index contributed by atoms with van der Waals surface area (Å²) < 4.78 is 1.63. The van der Waals surface area contributed by atoms with Crippen LogP contribution >= 0.6 is 0 Å². The fourth-order valence-corrected chi connectivity index (χ4v) is 3.31. The van der Waals surface area contributed by atoms with Crippen molar-refractivity contribution in [3.8, 4) is 17.5 Å². The number of carbonyl (C=O) groups excluding carboxylic acids is 2. The quantitative estimate of drug-likeness (QED) is 0.655. The largest absolute Gasteiger partial charge is 0.369 e. The van der Waals surface area contributed by atoms with Crippen molar-refractivity contribution in [3.63, 3.8) is 0 Å². The lowest BCUT2D eigenvalue weighted by Crippen LogP contribution is -2.37. The monoisotopic (exact) mass is 374 g/mol. The number of likely N-dealkylation sites (tertiary alicyclic amines) is 1. The van der Waals surface area contributed by atoms with Crippen molar-refractivity contribution in [2.45, 2.75) is 12.0 Å². The van der Waals surface area contributed by atoms with E-state index in [1.54, 1.807) is 36.0 Å². The van der Waals surface area contributed by atoms with Crippen LogP contribution in [0.15, 0.2) is 48.5 Å². The van der Waals surface area contributed by atoms with Crippen molar-refractivity contribution in [1.29, 1.82) is 0 Å². The first kappa shape index (κ1) is 17.8. The molecule has 1 aliphatic rings. The van der Waals surface area contributed by atoms with Gasteiger partial charge in [-0.2, -0.15) is 5.10 Å². The van der Waals surface area contributed by atoms with Crippen molar-refractivity contribution >= 4 is 22.7 Å². The molecule has 7 heteroatoms. The summed E-state index contributed by atoms with van der Waals surface area (Å²) in [7, 11) is 1.64. The minimum absolute atomic E-state index is 0.195. The van der Waals surface area contributed by atoms with Crippen molar-refractivity contribution in [2.24, 2.45) is 5.73 Å². The van der Waals surface area contributed by atoms with Crippen LogP contribution in [0, 0.1) is 11.8 Å². The van der Waals surface area contributed by atoms with Gasteiger partial charge in [-0.1, -0.05) is 36.1 Å². The Morgan fingerprint density at radius 3 is 2.75 bits per heavy atom. The maximum Gasteiger partial charge on any atom is 0.269 e. The zero-order valence-corrected chi connectivity index (χ0v) is 15.2. The molecule has 1 aliphatic heterocycles. The number of rotatable bonds is 2. The van der Waals surface area contributed by atoms with Crippen LogP contribution in [0.3, 0.4) is 0 Å². The molecule has 2 aromatic carbocycles. The number of para-hydroxylation sites is 1. The molecule has 2 heterocycles.